The van der Waals surface area contributed by atoms with Gasteiger partial charge in [0.05, 0.1) is 6.10 Å². The summed E-state index contributed by atoms with van der Waals surface area (Å²) < 4.78 is 10.8. The van der Waals surface area contributed by atoms with Gasteiger partial charge in [0.2, 0.25) is 5.91 Å². The van der Waals surface area contributed by atoms with Gasteiger partial charge in [0.25, 0.3) is 0 Å². The fourth-order valence-corrected chi connectivity index (χ4v) is 2.38. The predicted molar refractivity (Wildman–Crippen MR) is 63.5 cm³/mol. The minimum Gasteiger partial charge on any atom is -0.381 e. The van der Waals surface area contributed by atoms with Gasteiger partial charge in [-0.3, -0.25) is 4.79 Å². The van der Waals surface area contributed by atoms with Gasteiger partial charge >= 0.3 is 0 Å². The maximum Gasteiger partial charge on any atom is 0.249 e. The van der Waals surface area contributed by atoms with Gasteiger partial charge in [-0.15, -0.1) is 0 Å². The summed E-state index contributed by atoms with van der Waals surface area (Å²) in [4.78, 5) is 11.8. The Morgan fingerprint density at radius 2 is 2.00 bits per heavy atom. The Balaban J connectivity index is 1.66. The Morgan fingerprint density at radius 1 is 1.24 bits per heavy atom. The number of nitrogens with one attached hydrogen (secondary N) is 1. The van der Waals surface area contributed by atoms with Crippen molar-refractivity contribution in [3.63, 3.8) is 0 Å². The molecule has 2 unspecified atom stereocenters. The van der Waals surface area contributed by atoms with Gasteiger partial charge in [-0.25, -0.2) is 0 Å². The van der Waals surface area contributed by atoms with Crippen LogP contribution in [0.3, 0.4) is 0 Å². The third-order valence-corrected chi connectivity index (χ3v) is 3.57. The quantitative estimate of drug-likeness (QED) is 0.730. The number of rotatable bonds is 4. The zero-order chi connectivity index (χ0) is 12.1. The van der Waals surface area contributed by atoms with Crippen LogP contribution in [0.15, 0.2) is 0 Å². The standard InChI is InChI=1S/C12H22N2O3/c13-7-10-1-2-11(17-10)12(15)14-8-9-3-5-16-6-4-9/h9-11H,1-8,13H2,(H,14,15). The molecule has 0 aromatic rings. The van der Waals surface area contributed by atoms with Crippen LogP contribution in [-0.2, 0) is 14.3 Å². The van der Waals surface area contributed by atoms with E-state index < -0.39 is 0 Å². The van der Waals surface area contributed by atoms with Crippen LogP contribution in [0.1, 0.15) is 25.7 Å². The molecule has 5 nitrogen and oxygen atoms in total. The third kappa shape index (κ3) is 3.66. The SMILES string of the molecule is NCC1CCC(C(=O)NCC2CCOCC2)O1. The Morgan fingerprint density at radius 3 is 2.65 bits per heavy atom. The van der Waals surface area contributed by atoms with E-state index in [1.165, 1.54) is 0 Å². The zero-order valence-corrected chi connectivity index (χ0v) is 10.2. The molecule has 2 saturated heterocycles. The van der Waals surface area contributed by atoms with Crippen LogP contribution in [0, 0.1) is 5.92 Å². The van der Waals surface area contributed by atoms with Gasteiger partial charge in [0, 0.05) is 26.3 Å². The lowest BCUT2D eigenvalue weighted by molar-refractivity contribution is -0.132. The minimum absolute atomic E-state index is 0.0208. The summed E-state index contributed by atoms with van der Waals surface area (Å²) in [7, 11) is 0. The lowest BCUT2D eigenvalue weighted by atomic mass is 10.0. The van der Waals surface area contributed by atoms with E-state index in [2.05, 4.69) is 5.32 Å². The molecule has 2 aliphatic rings. The number of carbonyl (C=O) groups excluding carboxylic acids is 1. The molecule has 0 aliphatic carbocycles. The van der Waals surface area contributed by atoms with Crippen molar-refractivity contribution in [2.24, 2.45) is 11.7 Å². The van der Waals surface area contributed by atoms with Crippen LogP contribution in [0.2, 0.25) is 0 Å². The molecule has 0 spiro atoms. The second-order valence-electron chi connectivity index (χ2n) is 4.86. The van der Waals surface area contributed by atoms with Crippen molar-refractivity contribution in [3.8, 4) is 0 Å². The normalized spacial score (nSPS) is 30.4. The van der Waals surface area contributed by atoms with Crippen molar-refractivity contribution in [2.75, 3.05) is 26.3 Å². The van der Waals surface area contributed by atoms with E-state index in [0.29, 0.717) is 12.5 Å². The van der Waals surface area contributed by atoms with Gasteiger partial charge in [-0.05, 0) is 31.6 Å². The molecule has 0 radical (unpaired) electrons. The van der Waals surface area contributed by atoms with Crippen molar-refractivity contribution in [1.82, 2.24) is 5.32 Å². The minimum atomic E-state index is -0.289. The number of amides is 1. The number of carbonyl (C=O) groups is 1. The molecule has 2 heterocycles. The number of hydrogen-bond acceptors (Lipinski definition) is 4. The van der Waals surface area contributed by atoms with E-state index in [4.69, 9.17) is 15.2 Å². The zero-order valence-electron chi connectivity index (χ0n) is 10.2. The van der Waals surface area contributed by atoms with Gasteiger partial charge in [0.15, 0.2) is 0 Å². The first-order valence-electron chi connectivity index (χ1n) is 6.50. The Labute approximate surface area is 102 Å². The van der Waals surface area contributed by atoms with Crippen molar-refractivity contribution in [3.05, 3.63) is 0 Å². The number of ether oxygens (including phenoxy) is 2. The molecular weight excluding hydrogens is 220 g/mol. The second-order valence-corrected chi connectivity index (χ2v) is 4.86. The van der Waals surface area contributed by atoms with Crippen LogP contribution in [0.4, 0.5) is 0 Å². The van der Waals surface area contributed by atoms with Gasteiger partial charge < -0.3 is 20.5 Å². The topological polar surface area (TPSA) is 73.6 Å². The van der Waals surface area contributed by atoms with E-state index in [-0.39, 0.29) is 18.1 Å². The summed E-state index contributed by atoms with van der Waals surface area (Å²) in [5.41, 5.74) is 5.52. The molecule has 3 N–H and O–H groups in total. The van der Waals surface area contributed by atoms with Crippen molar-refractivity contribution in [2.45, 2.75) is 37.9 Å². The molecule has 17 heavy (non-hydrogen) atoms. The van der Waals surface area contributed by atoms with Gasteiger partial charge in [-0.2, -0.15) is 0 Å². The highest BCUT2D eigenvalue weighted by molar-refractivity contribution is 5.81. The summed E-state index contributed by atoms with van der Waals surface area (Å²) in [5.74, 6) is 0.576. The maximum absolute atomic E-state index is 11.8. The molecule has 2 atom stereocenters. The predicted octanol–water partition coefficient (Wildman–Crippen LogP) is 0.0355. The Hall–Kier alpha value is -0.650. The maximum atomic E-state index is 11.8. The fourth-order valence-electron chi connectivity index (χ4n) is 2.38. The summed E-state index contributed by atoms with van der Waals surface area (Å²) in [6.45, 7) is 2.88. The first kappa shape index (κ1) is 12.8. The van der Waals surface area contributed by atoms with E-state index in [0.717, 1.165) is 45.4 Å². The first-order chi connectivity index (χ1) is 8.29. The molecule has 2 aliphatic heterocycles. The summed E-state index contributed by atoms with van der Waals surface area (Å²) in [6, 6.07) is 0. The van der Waals surface area contributed by atoms with Crippen LogP contribution in [0.25, 0.3) is 0 Å². The molecular formula is C12H22N2O3. The summed E-state index contributed by atoms with van der Waals surface area (Å²) in [6.07, 6.45) is 3.54. The molecule has 5 heteroatoms. The average molecular weight is 242 g/mol. The second kappa shape index (κ2) is 6.33. The molecule has 0 aromatic heterocycles. The summed E-state index contributed by atoms with van der Waals surface area (Å²) in [5, 5.41) is 2.98. The molecule has 2 fully saturated rings. The third-order valence-electron chi connectivity index (χ3n) is 3.57. The van der Waals surface area contributed by atoms with Crippen molar-refractivity contribution < 1.29 is 14.3 Å². The molecule has 1 amide bonds. The van der Waals surface area contributed by atoms with Crippen molar-refractivity contribution in [1.29, 1.82) is 0 Å². The monoisotopic (exact) mass is 242 g/mol. The van der Waals surface area contributed by atoms with Crippen molar-refractivity contribution >= 4 is 5.91 Å². The number of hydrogen-bond donors (Lipinski definition) is 2. The Kier molecular flexibility index (Phi) is 4.76. The number of nitrogens with two attached hydrogens (primary N) is 1. The van der Waals surface area contributed by atoms with E-state index in [9.17, 15) is 4.79 Å². The van der Waals surface area contributed by atoms with E-state index in [1.54, 1.807) is 0 Å². The highest BCUT2D eigenvalue weighted by atomic mass is 16.5. The molecule has 0 bridgehead atoms. The van der Waals surface area contributed by atoms with Gasteiger partial charge in [0.1, 0.15) is 6.10 Å². The smallest absolute Gasteiger partial charge is 0.249 e. The molecule has 2 rings (SSSR count). The molecule has 0 saturated carbocycles. The molecule has 98 valence electrons. The van der Waals surface area contributed by atoms with Gasteiger partial charge in [-0.1, -0.05) is 0 Å². The van der Waals surface area contributed by atoms with Crippen LogP contribution in [-0.4, -0.2) is 44.4 Å². The largest absolute Gasteiger partial charge is 0.381 e. The van der Waals surface area contributed by atoms with E-state index >= 15 is 0 Å². The average Bonchev–Trinajstić information content (AvgIpc) is 2.86. The first-order valence-corrected chi connectivity index (χ1v) is 6.50. The molecule has 0 aromatic carbocycles. The fraction of sp³-hybridized carbons (Fsp3) is 0.917. The summed E-state index contributed by atoms with van der Waals surface area (Å²) >= 11 is 0. The van der Waals surface area contributed by atoms with Crippen LogP contribution < -0.4 is 11.1 Å². The Bertz CT molecular complexity index is 254. The van der Waals surface area contributed by atoms with Crippen LogP contribution >= 0.6 is 0 Å². The highest BCUT2D eigenvalue weighted by Gasteiger charge is 2.30. The highest BCUT2D eigenvalue weighted by Crippen LogP contribution is 2.19. The van der Waals surface area contributed by atoms with Crippen LogP contribution in [0.5, 0.6) is 0 Å². The lowest BCUT2D eigenvalue weighted by Gasteiger charge is -2.23. The lowest BCUT2D eigenvalue weighted by Crippen LogP contribution is -2.39. The van der Waals surface area contributed by atoms with E-state index in [1.807, 2.05) is 0 Å².